The van der Waals surface area contributed by atoms with Crippen LogP contribution in [0.5, 0.6) is 0 Å². The summed E-state index contributed by atoms with van der Waals surface area (Å²) in [6, 6.07) is 9.12. The maximum Gasteiger partial charge on any atom is 0.258 e. The predicted octanol–water partition coefficient (Wildman–Crippen LogP) is 3.80. The number of hydrogen-bond acceptors (Lipinski definition) is 5. The van der Waals surface area contributed by atoms with Gasteiger partial charge in [-0.1, -0.05) is 25.5 Å². The molecule has 1 aromatic carbocycles. The number of nitrogens with one attached hydrogen (secondary N) is 2. The van der Waals surface area contributed by atoms with E-state index >= 15 is 0 Å². The summed E-state index contributed by atoms with van der Waals surface area (Å²) in [7, 11) is 0. The van der Waals surface area contributed by atoms with E-state index in [2.05, 4.69) is 15.2 Å². The Balaban J connectivity index is 1.42. The maximum absolute atomic E-state index is 13.3. The van der Waals surface area contributed by atoms with Gasteiger partial charge in [0.15, 0.2) is 5.65 Å². The van der Waals surface area contributed by atoms with E-state index in [9.17, 15) is 14.4 Å². The van der Waals surface area contributed by atoms with Crippen molar-refractivity contribution in [1.29, 1.82) is 0 Å². The Kier molecular flexibility index (Phi) is 5.67. The molecule has 0 aliphatic carbocycles. The fourth-order valence-electron chi connectivity index (χ4n) is 5.23. The van der Waals surface area contributed by atoms with Crippen molar-refractivity contribution in [3.63, 3.8) is 0 Å². The summed E-state index contributed by atoms with van der Waals surface area (Å²) in [5, 5.41) is 5.45. The number of imide groups is 1. The van der Waals surface area contributed by atoms with Gasteiger partial charge in [0.1, 0.15) is 11.3 Å². The Morgan fingerprint density at radius 3 is 2.65 bits per heavy atom. The molecule has 3 amide bonds. The first-order valence-corrected chi connectivity index (χ1v) is 12.0. The molecular weight excluding hydrogens is 430 g/mol. The van der Waals surface area contributed by atoms with Gasteiger partial charge < -0.3 is 9.88 Å². The Morgan fingerprint density at radius 2 is 1.91 bits per heavy atom. The summed E-state index contributed by atoms with van der Waals surface area (Å²) in [4.78, 5) is 47.0. The molecule has 2 aliphatic heterocycles. The van der Waals surface area contributed by atoms with Gasteiger partial charge in [-0.2, -0.15) is 0 Å². The number of aromatic nitrogens is 3. The molecular formula is C26H29N5O3. The normalized spacial score (nSPS) is 20.5. The van der Waals surface area contributed by atoms with E-state index < -0.39 is 5.41 Å². The first-order chi connectivity index (χ1) is 16.4. The Bertz CT molecular complexity index is 1290. The standard InChI is InChI=1S/C26H29N5O3/c1-3-26(13-12-21(32)30-25(26)34)17-8-10-18(11-9-17)28-24(33)19-15-16(2)27-23-22(19)29-20-7-5-4-6-14-31(20)23/h8-11,15H,3-7,12-14H2,1-2H3,(H,28,33)(H,30,32,34). The zero-order valence-corrected chi connectivity index (χ0v) is 19.6. The van der Waals surface area contributed by atoms with Crippen LogP contribution < -0.4 is 10.6 Å². The predicted molar refractivity (Wildman–Crippen MR) is 129 cm³/mol. The topological polar surface area (TPSA) is 106 Å². The number of imidazole rings is 1. The molecule has 1 fully saturated rings. The van der Waals surface area contributed by atoms with E-state index in [1.165, 1.54) is 6.42 Å². The number of benzene rings is 1. The molecule has 34 heavy (non-hydrogen) atoms. The number of carbonyl (C=O) groups excluding carboxylic acids is 3. The van der Waals surface area contributed by atoms with Gasteiger partial charge in [-0.15, -0.1) is 0 Å². The van der Waals surface area contributed by atoms with Crippen LogP contribution >= 0.6 is 0 Å². The van der Waals surface area contributed by atoms with Gasteiger partial charge in [-0.3, -0.25) is 19.7 Å². The lowest BCUT2D eigenvalue weighted by molar-refractivity contribution is -0.138. The minimum absolute atomic E-state index is 0.228. The van der Waals surface area contributed by atoms with Crippen LogP contribution in [0.3, 0.4) is 0 Å². The largest absolute Gasteiger partial charge is 0.322 e. The van der Waals surface area contributed by atoms with Crippen LogP contribution in [0, 0.1) is 6.92 Å². The van der Waals surface area contributed by atoms with Gasteiger partial charge in [-0.05, 0) is 56.4 Å². The lowest BCUT2D eigenvalue weighted by atomic mass is 9.72. The third-order valence-electron chi connectivity index (χ3n) is 7.20. The highest BCUT2D eigenvalue weighted by atomic mass is 16.2. The van der Waals surface area contributed by atoms with Crippen LogP contribution in [0.4, 0.5) is 5.69 Å². The van der Waals surface area contributed by atoms with Crippen LogP contribution in [0.2, 0.25) is 0 Å². The lowest BCUT2D eigenvalue weighted by Crippen LogP contribution is -2.51. The first kappa shape index (κ1) is 22.3. The maximum atomic E-state index is 13.3. The molecule has 0 spiro atoms. The van der Waals surface area contributed by atoms with Gasteiger partial charge in [0.2, 0.25) is 11.8 Å². The second-order valence-electron chi connectivity index (χ2n) is 9.32. The molecule has 2 aliphatic rings. The van der Waals surface area contributed by atoms with E-state index in [-0.39, 0.29) is 17.7 Å². The average molecular weight is 460 g/mol. The molecule has 5 rings (SSSR count). The summed E-state index contributed by atoms with van der Waals surface area (Å²) in [6.07, 6.45) is 5.67. The highest BCUT2D eigenvalue weighted by molar-refractivity contribution is 6.11. The summed E-state index contributed by atoms with van der Waals surface area (Å²) < 4.78 is 2.16. The van der Waals surface area contributed by atoms with Gasteiger partial charge >= 0.3 is 0 Å². The molecule has 8 nitrogen and oxygen atoms in total. The summed E-state index contributed by atoms with van der Waals surface area (Å²) in [6.45, 7) is 4.73. The van der Waals surface area contributed by atoms with Gasteiger partial charge in [0, 0.05) is 30.8 Å². The molecule has 2 aromatic heterocycles. The first-order valence-electron chi connectivity index (χ1n) is 12.0. The third kappa shape index (κ3) is 3.77. The van der Waals surface area contributed by atoms with Crippen LogP contribution in [0.25, 0.3) is 11.2 Å². The van der Waals surface area contributed by atoms with Gasteiger partial charge in [0.25, 0.3) is 5.91 Å². The fourth-order valence-corrected chi connectivity index (χ4v) is 5.23. The number of amides is 3. The Morgan fingerprint density at radius 1 is 1.12 bits per heavy atom. The van der Waals surface area contributed by atoms with E-state index in [0.717, 1.165) is 48.5 Å². The summed E-state index contributed by atoms with van der Waals surface area (Å²) in [5.41, 5.74) is 3.47. The van der Waals surface area contributed by atoms with E-state index in [1.807, 2.05) is 38.1 Å². The van der Waals surface area contributed by atoms with Crippen molar-refractivity contribution < 1.29 is 14.4 Å². The SMILES string of the molecule is CCC1(c2ccc(NC(=O)c3cc(C)nc4c3nc3n4CCCCC3)cc2)CCC(=O)NC1=O. The van der Waals surface area contributed by atoms with Crippen LogP contribution in [0.1, 0.15) is 72.9 Å². The molecule has 1 atom stereocenters. The minimum atomic E-state index is -0.723. The zero-order valence-electron chi connectivity index (χ0n) is 19.6. The third-order valence-corrected chi connectivity index (χ3v) is 7.20. The van der Waals surface area contributed by atoms with Gasteiger partial charge in [-0.25, -0.2) is 9.97 Å². The highest BCUT2D eigenvalue weighted by Gasteiger charge is 2.42. The van der Waals surface area contributed by atoms with Crippen LogP contribution in [-0.4, -0.2) is 32.3 Å². The second kappa shape index (κ2) is 8.66. The van der Waals surface area contributed by atoms with Crippen molar-refractivity contribution in [3.05, 3.63) is 53.0 Å². The van der Waals surface area contributed by atoms with Crippen molar-refractivity contribution in [3.8, 4) is 0 Å². The molecule has 176 valence electrons. The molecule has 4 heterocycles. The molecule has 3 aromatic rings. The van der Waals surface area contributed by atoms with Crippen molar-refractivity contribution in [2.45, 2.75) is 70.8 Å². The zero-order chi connectivity index (χ0) is 23.9. The molecule has 0 bridgehead atoms. The van der Waals surface area contributed by atoms with Crippen molar-refractivity contribution in [1.82, 2.24) is 19.9 Å². The number of pyridine rings is 1. The van der Waals surface area contributed by atoms with Gasteiger partial charge in [0.05, 0.1) is 11.0 Å². The average Bonchev–Trinajstić information content (AvgIpc) is 3.00. The monoisotopic (exact) mass is 459 g/mol. The van der Waals surface area contributed by atoms with Crippen LogP contribution in [0.15, 0.2) is 30.3 Å². The number of piperidine rings is 1. The number of carbonyl (C=O) groups is 3. The number of hydrogen-bond donors (Lipinski definition) is 2. The number of nitrogens with zero attached hydrogens (tertiary/aromatic N) is 3. The molecule has 1 saturated heterocycles. The number of rotatable bonds is 4. The van der Waals surface area contributed by atoms with Crippen molar-refractivity contribution in [2.24, 2.45) is 0 Å². The number of fused-ring (bicyclic) bond motifs is 3. The lowest BCUT2D eigenvalue weighted by Gasteiger charge is -2.35. The molecule has 8 heteroatoms. The molecule has 2 N–H and O–H groups in total. The van der Waals surface area contributed by atoms with Crippen LogP contribution in [-0.2, 0) is 28.0 Å². The van der Waals surface area contributed by atoms with E-state index in [1.54, 1.807) is 6.07 Å². The number of anilines is 1. The minimum Gasteiger partial charge on any atom is -0.322 e. The van der Waals surface area contributed by atoms with E-state index in [4.69, 9.17) is 9.97 Å². The van der Waals surface area contributed by atoms with E-state index in [0.29, 0.717) is 36.0 Å². The Hall–Kier alpha value is -3.55. The number of aryl methyl sites for hydroxylation is 3. The quantitative estimate of drug-likeness (QED) is 0.577. The Labute approximate surface area is 198 Å². The summed E-state index contributed by atoms with van der Waals surface area (Å²) in [5.74, 6) is 0.284. The second-order valence-corrected chi connectivity index (χ2v) is 9.32. The van der Waals surface area contributed by atoms with Crippen molar-refractivity contribution >= 4 is 34.6 Å². The molecule has 0 saturated carbocycles. The molecule has 1 unspecified atom stereocenters. The highest BCUT2D eigenvalue weighted by Crippen LogP contribution is 2.36. The fraction of sp³-hybridized carbons (Fsp3) is 0.423. The smallest absolute Gasteiger partial charge is 0.258 e. The molecule has 0 radical (unpaired) electrons. The summed E-state index contributed by atoms with van der Waals surface area (Å²) >= 11 is 0. The van der Waals surface area contributed by atoms with Crippen molar-refractivity contribution in [2.75, 3.05) is 5.32 Å².